The molecular weight excluding hydrogens is 380 g/mol. The smallest absolute Gasteiger partial charge is 0.277 e. The summed E-state index contributed by atoms with van der Waals surface area (Å²) in [6, 6.07) is 13.0. The first-order valence-corrected chi connectivity index (χ1v) is 9.59. The monoisotopic (exact) mass is 404 g/mol. The van der Waals surface area contributed by atoms with Gasteiger partial charge in [0.25, 0.3) is 5.91 Å². The molecule has 3 aromatic rings. The maximum atomic E-state index is 12.0. The Morgan fingerprint density at radius 3 is 2.83 bits per heavy atom. The van der Waals surface area contributed by atoms with E-state index in [9.17, 15) is 4.79 Å². The SMILES string of the molecule is Cc1cc(/C=N\NC(=O)COc2ccccc2C#N)c(C)n1-c1ccnn1C(C)C. The molecule has 154 valence electrons. The van der Waals surface area contributed by atoms with Crippen LogP contribution in [0.1, 0.15) is 42.4 Å². The van der Waals surface area contributed by atoms with Crippen molar-refractivity contribution in [1.82, 2.24) is 19.8 Å². The first-order chi connectivity index (χ1) is 14.4. The first-order valence-electron chi connectivity index (χ1n) is 9.59. The van der Waals surface area contributed by atoms with Crippen molar-refractivity contribution < 1.29 is 9.53 Å². The van der Waals surface area contributed by atoms with Crippen LogP contribution in [0.3, 0.4) is 0 Å². The predicted octanol–water partition coefficient (Wildman–Crippen LogP) is 3.27. The van der Waals surface area contributed by atoms with Gasteiger partial charge in [0.05, 0.1) is 18.0 Å². The lowest BCUT2D eigenvalue weighted by Gasteiger charge is -2.14. The normalized spacial score (nSPS) is 11.1. The van der Waals surface area contributed by atoms with Crippen molar-refractivity contribution in [2.75, 3.05) is 6.61 Å². The Hall–Kier alpha value is -3.86. The number of rotatable bonds is 7. The fraction of sp³-hybridized carbons (Fsp3) is 0.273. The van der Waals surface area contributed by atoms with Crippen molar-refractivity contribution in [2.45, 2.75) is 33.7 Å². The van der Waals surface area contributed by atoms with Gasteiger partial charge in [-0.2, -0.15) is 15.5 Å². The Morgan fingerprint density at radius 1 is 1.33 bits per heavy atom. The first kappa shape index (κ1) is 20.9. The van der Waals surface area contributed by atoms with Gasteiger partial charge in [-0.15, -0.1) is 0 Å². The van der Waals surface area contributed by atoms with Crippen molar-refractivity contribution in [2.24, 2.45) is 5.10 Å². The van der Waals surface area contributed by atoms with Crippen molar-refractivity contribution >= 4 is 12.1 Å². The van der Waals surface area contributed by atoms with Gasteiger partial charge in [-0.25, -0.2) is 10.1 Å². The number of nitrogens with zero attached hydrogens (tertiary/aromatic N) is 5. The maximum absolute atomic E-state index is 12.0. The average Bonchev–Trinajstić information content (AvgIpc) is 3.31. The number of carbonyl (C=O) groups excluding carboxylic acids is 1. The standard InChI is InChI=1S/C22H24N6O2/c1-15(2)28-22(9-10-25-28)27-16(3)11-19(17(27)4)13-24-26-21(29)14-30-20-8-6-5-7-18(20)12-23/h5-11,13,15H,14H2,1-4H3,(H,26,29)/b24-13-. The van der Waals surface area contributed by atoms with Crippen LogP contribution in [0.15, 0.2) is 47.7 Å². The maximum Gasteiger partial charge on any atom is 0.277 e. The zero-order chi connectivity index (χ0) is 21.7. The van der Waals surface area contributed by atoms with E-state index in [0.29, 0.717) is 11.3 Å². The number of amides is 1. The highest BCUT2D eigenvalue weighted by Crippen LogP contribution is 2.21. The third-order valence-corrected chi connectivity index (χ3v) is 4.60. The van der Waals surface area contributed by atoms with Gasteiger partial charge in [-0.05, 0) is 45.9 Å². The minimum Gasteiger partial charge on any atom is -0.482 e. The van der Waals surface area contributed by atoms with E-state index < -0.39 is 5.91 Å². The van der Waals surface area contributed by atoms with Crippen LogP contribution in [0, 0.1) is 25.2 Å². The van der Waals surface area contributed by atoms with Crippen molar-refractivity contribution in [1.29, 1.82) is 5.26 Å². The predicted molar refractivity (Wildman–Crippen MR) is 114 cm³/mol. The largest absolute Gasteiger partial charge is 0.482 e. The molecule has 30 heavy (non-hydrogen) atoms. The highest BCUT2D eigenvalue weighted by Gasteiger charge is 2.14. The summed E-state index contributed by atoms with van der Waals surface area (Å²) in [5.41, 5.74) is 5.75. The molecule has 0 aliphatic carbocycles. The molecule has 8 heteroatoms. The van der Waals surface area contributed by atoms with Gasteiger partial charge >= 0.3 is 0 Å². The molecule has 0 bridgehead atoms. The minimum atomic E-state index is -0.411. The Kier molecular flexibility index (Phi) is 6.32. The number of hydrogen-bond acceptors (Lipinski definition) is 5. The molecule has 0 aliphatic rings. The van der Waals surface area contributed by atoms with Crippen molar-refractivity contribution in [3.8, 4) is 17.6 Å². The fourth-order valence-electron chi connectivity index (χ4n) is 3.19. The van der Waals surface area contributed by atoms with Gasteiger partial charge in [0, 0.05) is 29.1 Å². The number of benzene rings is 1. The molecule has 0 fully saturated rings. The lowest BCUT2D eigenvalue weighted by molar-refractivity contribution is -0.123. The fourth-order valence-corrected chi connectivity index (χ4v) is 3.19. The Bertz CT molecular complexity index is 1120. The summed E-state index contributed by atoms with van der Waals surface area (Å²) in [6.45, 7) is 7.94. The molecular formula is C22H24N6O2. The Labute approximate surface area is 175 Å². The molecule has 0 saturated carbocycles. The molecule has 0 saturated heterocycles. The molecule has 3 rings (SSSR count). The lowest BCUT2D eigenvalue weighted by Crippen LogP contribution is -2.24. The third-order valence-electron chi connectivity index (χ3n) is 4.60. The highest BCUT2D eigenvalue weighted by atomic mass is 16.5. The number of para-hydroxylation sites is 1. The minimum absolute atomic E-state index is 0.234. The van der Waals surface area contributed by atoms with E-state index in [1.54, 1.807) is 36.7 Å². The molecule has 0 atom stereocenters. The van der Waals surface area contributed by atoms with E-state index in [0.717, 1.165) is 22.8 Å². The molecule has 0 unspecified atom stereocenters. The van der Waals surface area contributed by atoms with Gasteiger partial charge in [0.2, 0.25) is 0 Å². The summed E-state index contributed by atoms with van der Waals surface area (Å²) < 4.78 is 9.47. The third kappa shape index (κ3) is 4.41. The molecule has 1 aromatic carbocycles. The number of hydrazone groups is 1. The van der Waals surface area contributed by atoms with E-state index in [4.69, 9.17) is 10.00 Å². The molecule has 1 amide bonds. The topological polar surface area (TPSA) is 97.2 Å². The molecule has 0 radical (unpaired) electrons. The van der Waals surface area contributed by atoms with E-state index in [1.807, 2.05) is 36.7 Å². The molecule has 0 aliphatic heterocycles. The summed E-state index contributed by atoms with van der Waals surface area (Å²) in [5.74, 6) is 0.934. The summed E-state index contributed by atoms with van der Waals surface area (Å²) in [7, 11) is 0. The molecule has 0 spiro atoms. The van der Waals surface area contributed by atoms with Crippen LogP contribution >= 0.6 is 0 Å². The van der Waals surface area contributed by atoms with Gasteiger partial charge in [0.1, 0.15) is 17.6 Å². The molecule has 8 nitrogen and oxygen atoms in total. The Morgan fingerprint density at radius 2 is 2.10 bits per heavy atom. The summed E-state index contributed by atoms with van der Waals surface area (Å²) in [6.07, 6.45) is 3.39. The number of hydrogen-bond donors (Lipinski definition) is 1. The van der Waals surface area contributed by atoms with Gasteiger partial charge in [-0.1, -0.05) is 12.1 Å². The van der Waals surface area contributed by atoms with Crippen LogP contribution in [0.5, 0.6) is 5.75 Å². The number of nitriles is 1. The number of aryl methyl sites for hydroxylation is 1. The van der Waals surface area contributed by atoms with E-state index in [1.165, 1.54) is 0 Å². The van der Waals surface area contributed by atoms with Crippen LogP contribution in [0.4, 0.5) is 0 Å². The molecule has 1 N–H and O–H groups in total. The summed E-state index contributed by atoms with van der Waals surface area (Å²) in [5, 5.41) is 17.5. The highest BCUT2D eigenvalue weighted by molar-refractivity contribution is 5.84. The quantitative estimate of drug-likeness (QED) is 0.483. The van der Waals surface area contributed by atoms with Gasteiger partial charge in [0.15, 0.2) is 6.61 Å². The zero-order valence-corrected chi connectivity index (χ0v) is 17.5. The molecule has 2 aromatic heterocycles. The van der Waals surface area contributed by atoms with Crippen LogP contribution < -0.4 is 10.2 Å². The van der Waals surface area contributed by atoms with Crippen LogP contribution in [-0.2, 0) is 4.79 Å². The van der Waals surface area contributed by atoms with Gasteiger partial charge < -0.3 is 9.30 Å². The van der Waals surface area contributed by atoms with Crippen molar-refractivity contribution in [3.05, 3.63) is 65.1 Å². The van der Waals surface area contributed by atoms with E-state index in [2.05, 4.69) is 34.0 Å². The number of ether oxygens (including phenoxy) is 1. The number of nitrogens with one attached hydrogen (secondary N) is 1. The van der Waals surface area contributed by atoms with Crippen molar-refractivity contribution in [3.63, 3.8) is 0 Å². The molecule has 2 heterocycles. The average molecular weight is 404 g/mol. The second kappa shape index (κ2) is 9.09. The zero-order valence-electron chi connectivity index (χ0n) is 17.5. The summed E-state index contributed by atoms with van der Waals surface area (Å²) in [4.78, 5) is 12.0. The second-order valence-electron chi connectivity index (χ2n) is 7.08. The van der Waals surface area contributed by atoms with E-state index >= 15 is 0 Å². The van der Waals surface area contributed by atoms with Crippen LogP contribution in [0.2, 0.25) is 0 Å². The summed E-state index contributed by atoms with van der Waals surface area (Å²) >= 11 is 0. The van der Waals surface area contributed by atoms with Crippen LogP contribution in [-0.4, -0.2) is 33.1 Å². The van der Waals surface area contributed by atoms with Crippen LogP contribution in [0.25, 0.3) is 5.82 Å². The van der Waals surface area contributed by atoms with Gasteiger partial charge in [-0.3, -0.25) is 4.79 Å². The number of carbonyl (C=O) groups is 1. The van der Waals surface area contributed by atoms with E-state index in [-0.39, 0.29) is 12.6 Å². The number of aromatic nitrogens is 3. The lowest BCUT2D eigenvalue weighted by atomic mass is 10.2. The Balaban J connectivity index is 1.66. The second-order valence-corrected chi connectivity index (χ2v) is 7.08.